The second-order valence-corrected chi connectivity index (χ2v) is 5.72. The number of rotatable bonds is 2. The van der Waals surface area contributed by atoms with Gasteiger partial charge in [-0.3, -0.25) is 4.99 Å². The van der Waals surface area contributed by atoms with Gasteiger partial charge in [0.25, 0.3) is 0 Å². The topological polar surface area (TPSA) is 62.8 Å². The van der Waals surface area contributed by atoms with Crippen LogP contribution in [-0.2, 0) is 0 Å². The molecule has 0 saturated heterocycles. The van der Waals surface area contributed by atoms with Gasteiger partial charge in [-0.15, -0.1) is 0 Å². The summed E-state index contributed by atoms with van der Waals surface area (Å²) in [6.45, 7) is 1.61. The highest BCUT2D eigenvalue weighted by atomic mass is 35.5. The maximum atomic E-state index is 12.2. The fraction of sp³-hybridized carbons (Fsp3) is 0.0588. The largest absolute Gasteiger partial charge is 0.506 e. The molecule has 0 aliphatic rings. The molecule has 116 valence electrons. The van der Waals surface area contributed by atoms with E-state index in [0.717, 1.165) is 0 Å². The van der Waals surface area contributed by atoms with Crippen molar-refractivity contribution < 1.29 is 9.52 Å². The average Bonchev–Trinajstić information content (AvgIpc) is 2.51. The molecule has 2 aromatic carbocycles. The van der Waals surface area contributed by atoms with Crippen molar-refractivity contribution in [2.75, 3.05) is 0 Å². The maximum absolute atomic E-state index is 12.2. The molecule has 4 nitrogen and oxygen atoms in total. The standard InChI is InChI=1S/C17H11Cl2NO3/c1-9(20-10-6-7-12(18)13(19)8-10)15-16(21)11-4-2-3-5-14(11)23-17(15)22/h2-8,21H,1H3. The Morgan fingerprint density at radius 2 is 1.87 bits per heavy atom. The Kier molecular flexibility index (Phi) is 4.11. The Hall–Kier alpha value is -2.30. The lowest BCUT2D eigenvalue weighted by atomic mass is 10.1. The third-order valence-electron chi connectivity index (χ3n) is 3.35. The Balaban J connectivity index is 2.17. The number of aliphatic imine (C=N–C) groups is 1. The van der Waals surface area contributed by atoms with Crippen LogP contribution in [0.2, 0.25) is 10.0 Å². The van der Waals surface area contributed by atoms with Gasteiger partial charge in [-0.05, 0) is 37.3 Å². The summed E-state index contributed by atoms with van der Waals surface area (Å²) in [6.07, 6.45) is 0. The van der Waals surface area contributed by atoms with E-state index in [2.05, 4.69) is 4.99 Å². The Labute approximate surface area is 141 Å². The van der Waals surface area contributed by atoms with E-state index < -0.39 is 5.63 Å². The lowest BCUT2D eigenvalue weighted by molar-refractivity contribution is 0.466. The van der Waals surface area contributed by atoms with Crippen molar-refractivity contribution in [2.45, 2.75) is 6.92 Å². The number of hydrogen-bond donors (Lipinski definition) is 1. The first-order chi connectivity index (χ1) is 11.0. The number of nitrogens with zero attached hydrogens (tertiary/aromatic N) is 1. The molecule has 0 amide bonds. The van der Waals surface area contributed by atoms with Crippen LogP contribution in [0.4, 0.5) is 5.69 Å². The van der Waals surface area contributed by atoms with E-state index in [-0.39, 0.29) is 11.3 Å². The number of benzene rings is 2. The number of halogens is 2. The highest BCUT2D eigenvalue weighted by Crippen LogP contribution is 2.29. The molecule has 0 bridgehead atoms. The smallest absolute Gasteiger partial charge is 0.349 e. The summed E-state index contributed by atoms with van der Waals surface area (Å²) in [4.78, 5) is 16.5. The zero-order chi connectivity index (χ0) is 16.6. The van der Waals surface area contributed by atoms with Crippen molar-refractivity contribution >= 4 is 45.6 Å². The van der Waals surface area contributed by atoms with Crippen LogP contribution in [-0.4, -0.2) is 10.8 Å². The lowest BCUT2D eigenvalue weighted by Gasteiger charge is -2.06. The SMILES string of the molecule is CC(=Nc1ccc(Cl)c(Cl)c1)c1c(O)c2ccccc2oc1=O. The molecule has 3 aromatic rings. The summed E-state index contributed by atoms with van der Waals surface area (Å²) in [6, 6.07) is 11.6. The summed E-state index contributed by atoms with van der Waals surface area (Å²) in [7, 11) is 0. The van der Waals surface area contributed by atoms with Gasteiger partial charge >= 0.3 is 5.63 Å². The summed E-state index contributed by atoms with van der Waals surface area (Å²) in [5.74, 6) is -0.154. The summed E-state index contributed by atoms with van der Waals surface area (Å²) in [5.41, 5.74) is 0.530. The molecule has 1 heterocycles. The first-order valence-corrected chi connectivity index (χ1v) is 7.48. The van der Waals surface area contributed by atoms with E-state index in [1.54, 1.807) is 49.4 Å². The third-order valence-corrected chi connectivity index (χ3v) is 4.09. The molecule has 3 rings (SSSR count). The molecule has 0 radical (unpaired) electrons. The molecule has 0 unspecified atom stereocenters. The molecular formula is C17H11Cl2NO3. The van der Waals surface area contributed by atoms with Crippen LogP contribution in [0.5, 0.6) is 5.75 Å². The molecule has 1 N–H and O–H groups in total. The van der Waals surface area contributed by atoms with Gasteiger partial charge in [0.05, 0.1) is 26.8 Å². The first kappa shape index (κ1) is 15.6. The molecule has 0 saturated carbocycles. The van der Waals surface area contributed by atoms with Crippen molar-refractivity contribution in [3.05, 3.63) is 68.5 Å². The van der Waals surface area contributed by atoms with E-state index in [4.69, 9.17) is 27.6 Å². The highest BCUT2D eigenvalue weighted by molar-refractivity contribution is 6.42. The van der Waals surface area contributed by atoms with Crippen LogP contribution in [0.15, 0.2) is 56.7 Å². The van der Waals surface area contributed by atoms with Gasteiger partial charge in [0.2, 0.25) is 0 Å². The van der Waals surface area contributed by atoms with E-state index in [1.165, 1.54) is 0 Å². The van der Waals surface area contributed by atoms with Crippen LogP contribution in [0.1, 0.15) is 12.5 Å². The molecule has 0 fully saturated rings. The van der Waals surface area contributed by atoms with Gasteiger partial charge in [0.1, 0.15) is 16.9 Å². The van der Waals surface area contributed by atoms with Gasteiger partial charge in [-0.2, -0.15) is 0 Å². The number of hydrogen-bond acceptors (Lipinski definition) is 4. The van der Waals surface area contributed by atoms with E-state index in [9.17, 15) is 9.90 Å². The molecule has 0 atom stereocenters. The molecule has 23 heavy (non-hydrogen) atoms. The van der Waals surface area contributed by atoms with Gasteiger partial charge < -0.3 is 9.52 Å². The van der Waals surface area contributed by atoms with E-state index >= 15 is 0 Å². The molecule has 0 aliphatic carbocycles. The minimum atomic E-state index is -0.650. The Morgan fingerprint density at radius 3 is 2.61 bits per heavy atom. The van der Waals surface area contributed by atoms with Crippen LogP contribution < -0.4 is 5.63 Å². The lowest BCUT2D eigenvalue weighted by Crippen LogP contribution is -2.12. The predicted molar refractivity (Wildman–Crippen MR) is 92.5 cm³/mol. The van der Waals surface area contributed by atoms with Gasteiger partial charge in [0.15, 0.2) is 0 Å². The fourth-order valence-electron chi connectivity index (χ4n) is 2.26. The maximum Gasteiger partial charge on any atom is 0.349 e. The number of fused-ring (bicyclic) bond motifs is 1. The van der Waals surface area contributed by atoms with Crippen molar-refractivity contribution in [1.29, 1.82) is 0 Å². The van der Waals surface area contributed by atoms with Crippen molar-refractivity contribution in [2.24, 2.45) is 4.99 Å². The minimum absolute atomic E-state index is 0.0229. The quantitative estimate of drug-likeness (QED) is 0.527. The zero-order valence-corrected chi connectivity index (χ0v) is 13.5. The predicted octanol–water partition coefficient (Wildman–Crippen LogP) is 4.95. The van der Waals surface area contributed by atoms with Crippen molar-refractivity contribution in [3.8, 4) is 5.75 Å². The van der Waals surface area contributed by atoms with Gasteiger partial charge in [0, 0.05) is 0 Å². The van der Waals surface area contributed by atoms with Gasteiger partial charge in [-0.25, -0.2) is 4.79 Å². The minimum Gasteiger partial charge on any atom is -0.506 e. The molecule has 1 aromatic heterocycles. The third kappa shape index (κ3) is 2.96. The Morgan fingerprint density at radius 1 is 1.13 bits per heavy atom. The number of para-hydroxylation sites is 1. The second-order valence-electron chi connectivity index (χ2n) is 4.90. The normalized spacial score (nSPS) is 11.9. The van der Waals surface area contributed by atoms with Crippen LogP contribution in [0.3, 0.4) is 0 Å². The van der Waals surface area contributed by atoms with E-state index in [1.807, 2.05) is 0 Å². The number of aromatic hydroxyl groups is 1. The summed E-state index contributed by atoms with van der Waals surface area (Å²) >= 11 is 11.8. The average molecular weight is 348 g/mol. The van der Waals surface area contributed by atoms with Crippen molar-refractivity contribution in [1.82, 2.24) is 0 Å². The van der Waals surface area contributed by atoms with Gasteiger partial charge in [-0.1, -0.05) is 35.3 Å². The second kappa shape index (κ2) is 6.07. The van der Waals surface area contributed by atoms with Crippen LogP contribution >= 0.6 is 23.2 Å². The van der Waals surface area contributed by atoms with Crippen LogP contribution in [0, 0.1) is 0 Å². The molecule has 0 aliphatic heterocycles. The monoisotopic (exact) mass is 347 g/mol. The molecular weight excluding hydrogens is 337 g/mol. The highest BCUT2D eigenvalue weighted by Gasteiger charge is 2.16. The zero-order valence-electron chi connectivity index (χ0n) is 12.0. The molecule has 0 spiro atoms. The van der Waals surface area contributed by atoms with Crippen molar-refractivity contribution in [3.63, 3.8) is 0 Å². The molecule has 6 heteroatoms. The Bertz CT molecular complexity index is 993. The van der Waals surface area contributed by atoms with E-state index in [0.29, 0.717) is 32.4 Å². The summed E-state index contributed by atoms with van der Waals surface area (Å²) < 4.78 is 5.23. The van der Waals surface area contributed by atoms with Crippen LogP contribution in [0.25, 0.3) is 11.0 Å². The summed E-state index contributed by atoms with van der Waals surface area (Å²) in [5, 5.41) is 11.6. The first-order valence-electron chi connectivity index (χ1n) is 6.73. The fourth-order valence-corrected chi connectivity index (χ4v) is 2.55.